The third kappa shape index (κ3) is 4.01. The molecule has 0 aliphatic heterocycles. The smallest absolute Gasteiger partial charge is 0.253 e. The summed E-state index contributed by atoms with van der Waals surface area (Å²) < 4.78 is 0. The highest BCUT2D eigenvalue weighted by atomic mass is 16.2. The number of aryl methyl sites for hydroxylation is 3. The molecule has 0 saturated carbocycles. The number of benzene rings is 2. The second-order valence-electron chi connectivity index (χ2n) is 8.62. The van der Waals surface area contributed by atoms with E-state index in [1.165, 1.54) is 5.56 Å². The molecule has 4 nitrogen and oxygen atoms in total. The molecule has 146 valence electrons. The lowest BCUT2D eigenvalue weighted by Gasteiger charge is -2.30. The Morgan fingerprint density at radius 2 is 1.68 bits per heavy atom. The fourth-order valence-corrected chi connectivity index (χ4v) is 3.24. The number of anilines is 1. The lowest BCUT2D eigenvalue weighted by molar-refractivity contribution is -0.125. The van der Waals surface area contributed by atoms with Crippen LogP contribution in [0.4, 0.5) is 5.69 Å². The van der Waals surface area contributed by atoms with Gasteiger partial charge in [0.25, 0.3) is 5.56 Å². The van der Waals surface area contributed by atoms with Crippen molar-refractivity contribution in [1.82, 2.24) is 4.98 Å². The lowest BCUT2D eigenvalue weighted by atomic mass is 9.93. The number of aromatic amines is 1. The van der Waals surface area contributed by atoms with Crippen molar-refractivity contribution in [1.29, 1.82) is 0 Å². The van der Waals surface area contributed by atoms with Crippen LogP contribution < -0.4 is 10.5 Å². The first-order valence-electron chi connectivity index (χ1n) is 9.58. The van der Waals surface area contributed by atoms with Crippen molar-refractivity contribution in [3.8, 4) is 0 Å². The van der Waals surface area contributed by atoms with E-state index in [4.69, 9.17) is 0 Å². The van der Waals surface area contributed by atoms with Crippen LogP contribution in [-0.4, -0.2) is 10.9 Å². The largest absolute Gasteiger partial charge is 0.322 e. The molecule has 0 fully saturated rings. The molecule has 1 amide bonds. The number of hydrogen-bond acceptors (Lipinski definition) is 2. The highest BCUT2D eigenvalue weighted by molar-refractivity contribution is 5.97. The van der Waals surface area contributed by atoms with Crippen molar-refractivity contribution < 1.29 is 4.79 Å². The van der Waals surface area contributed by atoms with Gasteiger partial charge < -0.3 is 9.88 Å². The van der Waals surface area contributed by atoms with E-state index in [1.54, 1.807) is 4.90 Å². The number of aromatic nitrogens is 1. The Bertz CT molecular complexity index is 1100. The highest BCUT2D eigenvalue weighted by Crippen LogP contribution is 2.27. The maximum atomic E-state index is 13.2. The number of rotatable bonds is 3. The van der Waals surface area contributed by atoms with Gasteiger partial charge in [-0.05, 0) is 67.6 Å². The second-order valence-corrected chi connectivity index (χ2v) is 8.62. The zero-order valence-electron chi connectivity index (χ0n) is 17.5. The molecule has 0 aliphatic carbocycles. The van der Waals surface area contributed by atoms with Crippen LogP contribution in [0.2, 0.25) is 0 Å². The van der Waals surface area contributed by atoms with Crippen LogP contribution in [-0.2, 0) is 11.3 Å². The Balaban J connectivity index is 2.10. The van der Waals surface area contributed by atoms with Crippen LogP contribution in [0.15, 0.2) is 47.3 Å². The van der Waals surface area contributed by atoms with E-state index in [2.05, 4.69) is 4.98 Å². The molecule has 0 aliphatic rings. The number of pyridine rings is 1. The van der Waals surface area contributed by atoms with Crippen molar-refractivity contribution in [2.24, 2.45) is 5.41 Å². The summed E-state index contributed by atoms with van der Waals surface area (Å²) in [5.74, 6) is -0.0144. The van der Waals surface area contributed by atoms with E-state index < -0.39 is 5.41 Å². The Labute approximate surface area is 166 Å². The molecule has 0 atom stereocenters. The number of carbonyl (C=O) groups excluding carboxylic acids is 1. The number of nitrogens with one attached hydrogen (secondary N) is 1. The Morgan fingerprint density at radius 3 is 2.32 bits per heavy atom. The molecule has 4 heteroatoms. The zero-order valence-corrected chi connectivity index (χ0v) is 17.5. The summed E-state index contributed by atoms with van der Waals surface area (Å²) in [7, 11) is 0. The fourth-order valence-electron chi connectivity index (χ4n) is 3.24. The number of carbonyl (C=O) groups is 1. The molecule has 0 bridgehead atoms. The van der Waals surface area contributed by atoms with Gasteiger partial charge in [0.15, 0.2) is 0 Å². The van der Waals surface area contributed by atoms with Crippen LogP contribution >= 0.6 is 0 Å². The van der Waals surface area contributed by atoms with Crippen LogP contribution in [0.25, 0.3) is 10.9 Å². The normalized spacial score (nSPS) is 11.6. The van der Waals surface area contributed by atoms with Gasteiger partial charge in [-0.15, -0.1) is 0 Å². The molecule has 1 aromatic heterocycles. The van der Waals surface area contributed by atoms with Crippen molar-refractivity contribution in [2.75, 3.05) is 4.90 Å². The number of H-pyrrole nitrogens is 1. The highest BCUT2D eigenvalue weighted by Gasteiger charge is 2.29. The van der Waals surface area contributed by atoms with Gasteiger partial charge in [-0.3, -0.25) is 9.59 Å². The topological polar surface area (TPSA) is 53.2 Å². The monoisotopic (exact) mass is 376 g/mol. The standard InChI is InChI=1S/C24H28N2O2/c1-15-7-10-21-18(11-15)13-19(22(27)25-21)14-26(23(28)24(4,5)6)20-9-8-16(2)17(3)12-20/h7-13H,14H2,1-6H3,(H,25,27). The maximum absolute atomic E-state index is 13.2. The van der Waals surface area contributed by atoms with Gasteiger partial charge >= 0.3 is 0 Å². The van der Waals surface area contributed by atoms with E-state index in [9.17, 15) is 9.59 Å². The number of amides is 1. The van der Waals surface area contributed by atoms with Crippen molar-refractivity contribution in [3.05, 3.63) is 75.1 Å². The molecule has 1 heterocycles. The molecule has 2 aromatic carbocycles. The first kappa shape index (κ1) is 19.9. The molecule has 3 rings (SSSR count). The third-order valence-electron chi connectivity index (χ3n) is 5.09. The molecular formula is C24H28N2O2. The predicted molar refractivity (Wildman–Crippen MR) is 116 cm³/mol. The first-order valence-corrected chi connectivity index (χ1v) is 9.58. The molecule has 0 unspecified atom stereocenters. The quantitative estimate of drug-likeness (QED) is 0.697. The molecule has 3 aromatic rings. The Morgan fingerprint density at radius 1 is 0.964 bits per heavy atom. The Hall–Kier alpha value is -2.88. The average Bonchev–Trinajstić information content (AvgIpc) is 2.61. The average molecular weight is 377 g/mol. The summed E-state index contributed by atoms with van der Waals surface area (Å²) in [6, 6.07) is 13.8. The summed E-state index contributed by atoms with van der Waals surface area (Å²) in [5, 5.41) is 0.970. The summed E-state index contributed by atoms with van der Waals surface area (Å²) >= 11 is 0. The lowest BCUT2D eigenvalue weighted by Crippen LogP contribution is -2.40. The van der Waals surface area contributed by atoms with Gasteiger partial charge in [0.05, 0.1) is 6.54 Å². The fraction of sp³-hybridized carbons (Fsp3) is 0.333. The molecule has 0 saturated heterocycles. The summed E-state index contributed by atoms with van der Waals surface area (Å²) in [6.07, 6.45) is 0. The molecule has 28 heavy (non-hydrogen) atoms. The minimum absolute atomic E-state index is 0.0144. The minimum atomic E-state index is -0.557. The van der Waals surface area contributed by atoms with Crippen molar-refractivity contribution in [2.45, 2.75) is 48.1 Å². The van der Waals surface area contributed by atoms with Crippen molar-refractivity contribution in [3.63, 3.8) is 0 Å². The van der Waals surface area contributed by atoms with Crippen LogP contribution in [0.3, 0.4) is 0 Å². The molecule has 1 N–H and O–H groups in total. The van der Waals surface area contributed by atoms with Crippen LogP contribution in [0, 0.1) is 26.2 Å². The van der Waals surface area contributed by atoms with Gasteiger partial charge in [0.2, 0.25) is 5.91 Å². The number of hydrogen-bond donors (Lipinski definition) is 1. The summed E-state index contributed by atoms with van der Waals surface area (Å²) in [6.45, 7) is 12.0. The van der Waals surface area contributed by atoms with Crippen LogP contribution in [0.1, 0.15) is 43.0 Å². The summed E-state index contributed by atoms with van der Waals surface area (Å²) in [5.41, 5.74) is 4.89. The Kier molecular flexibility index (Phi) is 5.16. The van der Waals surface area contributed by atoms with E-state index in [0.717, 1.165) is 27.7 Å². The first-order chi connectivity index (χ1) is 13.1. The molecule has 0 spiro atoms. The van der Waals surface area contributed by atoms with E-state index in [-0.39, 0.29) is 18.0 Å². The van der Waals surface area contributed by atoms with E-state index in [1.807, 2.05) is 84.0 Å². The minimum Gasteiger partial charge on any atom is -0.322 e. The zero-order chi connectivity index (χ0) is 20.6. The molecular weight excluding hydrogens is 348 g/mol. The number of nitrogens with zero attached hydrogens (tertiary/aromatic N) is 1. The number of fused-ring (bicyclic) bond motifs is 1. The van der Waals surface area contributed by atoms with Crippen molar-refractivity contribution >= 4 is 22.5 Å². The maximum Gasteiger partial charge on any atom is 0.253 e. The van der Waals surface area contributed by atoms with Gasteiger partial charge in [-0.25, -0.2) is 0 Å². The van der Waals surface area contributed by atoms with E-state index >= 15 is 0 Å². The molecule has 0 radical (unpaired) electrons. The predicted octanol–water partition coefficient (Wildman–Crippen LogP) is 5.03. The van der Waals surface area contributed by atoms with Gasteiger partial charge in [-0.1, -0.05) is 38.5 Å². The van der Waals surface area contributed by atoms with Gasteiger partial charge in [0.1, 0.15) is 0 Å². The SMILES string of the molecule is Cc1ccc2[nH]c(=O)c(CN(C(=O)C(C)(C)C)c3ccc(C)c(C)c3)cc2c1. The van der Waals surface area contributed by atoms with Crippen LogP contribution in [0.5, 0.6) is 0 Å². The van der Waals surface area contributed by atoms with Gasteiger partial charge in [0, 0.05) is 22.2 Å². The third-order valence-corrected chi connectivity index (χ3v) is 5.09. The van der Waals surface area contributed by atoms with Gasteiger partial charge in [-0.2, -0.15) is 0 Å². The van der Waals surface area contributed by atoms with E-state index in [0.29, 0.717) is 5.56 Å². The second kappa shape index (κ2) is 7.27. The summed E-state index contributed by atoms with van der Waals surface area (Å²) in [4.78, 5) is 30.6.